The average molecular weight is 381 g/mol. The lowest BCUT2D eigenvalue weighted by Crippen LogP contribution is -2.22. The van der Waals surface area contributed by atoms with Crippen molar-refractivity contribution in [3.8, 4) is 11.4 Å². The molecule has 1 fully saturated rings. The summed E-state index contributed by atoms with van der Waals surface area (Å²) in [6.45, 7) is 2.69. The number of aryl methyl sites for hydroxylation is 1. The second-order valence-electron chi connectivity index (χ2n) is 6.95. The smallest absolute Gasteiger partial charge is 0.177 e. The van der Waals surface area contributed by atoms with Gasteiger partial charge >= 0.3 is 0 Å². The van der Waals surface area contributed by atoms with E-state index in [2.05, 4.69) is 20.1 Å². The molecule has 0 bridgehead atoms. The molecule has 0 radical (unpaired) electrons. The number of anilines is 2. The molecule has 1 atom stereocenters. The van der Waals surface area contributed by atoms with E-state index in [1.165, 1.54) is 6.07 Å². The van der Waals surface area contributed by atoms with Crippen molar-refractivity contribution in [2.75, 3.05) is 23.7 Å². The Morgan fingerprint density at radius 3 is 2.86 bits per heavy atom. The van der Waals surface area contributed by atoms with Crippen molar-refractivity contribution < 1.29 is 8.78 Å². The first-order valence-electron chi connectivity index (χ1n) is 8.98. The molecular formula is C19H17F2N7. The van der Waals surface area contributed by atoms with E-state index in [1.54, 1.807) is 35.8 Å². The van der Waals surface area contributed by atoms with Gasteiger partial charge in [-0.15, -0.1) is 5.10 Å². The number of nitrogens with two attached hydrogens (primary N) is 1. The zero-order valence-electron chi connectivity index (χ0n) is 15.1. The van der Waals surface area contributed by atoms with Crippen LogP contribution in [-0.4, -0.2) is 43.8 Å². The maximum absolute atomic E-state index is 14.1. The molecule has 4 heterocycles. The van der Waals surface area contributed by atoms with Gasteiger partial charge in [-0.05, 0) is 25.5 Å². The lowest BCUT2D eigenvalue weighted by Gasteiger charge is -2.16. The molecule has 0 spiro atoms. The number of benzene rings is 1. The van der Waals surface area contributed by atoms with Gasteiger partial charge in [-0.3, -0.25) is 0 Å². The van der Waals surface area contributed by atoms with Crippen molar-refractivity contribution in [3.05, 3.63) is 42.0 Å². The van der Waals surface area contributed by atoms with Crippen molar-refractivity contribution in [2.24, 2.45) is 0 Å². The van der Waals surface area contributed by atoms with E-state index in [4.69, 9.17) is 5.73 Å². The van der Waals surface area contributed by atoms with E-state index < -0.39 is 12.0 Å². The Hall–Kier alpha value is -3.36. The number of nitrogen functional groups attached to an aromatic ring is 1. The van der Waals surface area contributed by atoms with Crippen LogP contribution in [0, 0.1) is 12.7 Å². The molecule has 28 heavy (non-hydrogen) atoms. The molecule has 1 aromatic carbocycles. The van der Waals surface area contributed by atoms with Gasteiger partial charge in [-0.1, -0.05) is 6.07 Å². The second-order valence-corrected chi connectivity index (χ2v) is 6.95. The monoisotopic (exact) mass is 381 g/mol. The molecule has 0 aliphatic carbocycles. The van der Waals surface area contributed by atoms with Crippen LogP contribution in [0.4, 0.5) is 20.3 Å². The highest BCUT2D eigenvalue weighted by atomic mass is 19.1. The maximum atomic E-state index is 14.1. The van der Waals surface area contributed by atoms with Crippen molar-refractivity contribution >= 4 is 28.2 Å². The first-order valence-corrected chi connectivity index (χ1v) is 8.98. The lowest BCUT2D eigenvalue weighted by atomic mass is 10.2. The predicted octanol–water partition coefficient (Wildman–Crippen LogP) is 2.92. The normalized spacial score (nSPS) is 17.1. The van der Waals surface area contributed by atoms with E-state index in [1.807, 2.05) is 4.90 Å². The number of rotatable bonds is 2. The molecule has 4 aromatic rings. The SMILES string of the molecule is Cc1nc2cccc(F)c2nc1-c1cn2nc(N3CC[C@@H](F)C3)cc(N)c2n1. The van der Waals surface area contributed by atoms with Crippen LogP contribution in [0.1, 0.15) is 12.1 Å². The molecule has 3 aromatic heterocycles. The van der Waals surface area contributed by atoms with Crippen molar-refractivity contribution in [3.63, 3.8) is 0 Å². The van der Waals surface area contributed by atoms with Gasteiger partial charge in [0.2, 0.25) is 0 Å². The van der Waals surface area contributed by atoms with Crippen LogP contribution in [0.2, 0.25) is 0 Å². The summed E-state index contributed by atoms with van der Waals surface area (Å²) < 4.78 is 29.2. The Bertz CT molecular complexity index is 1220. The number of hydrogen-bond donors (Lipinski definition) is 1. The van der Waals surface area contributed by atoms with E-state index in [0.717, 1.165) is 0 Å². The summed E-state index contributed by atoms with van der Waals surface area (Å²) in [6, 6.07) is 6.36. The number of para-hydroxylation sites is 1. The standard InChI is InChI=1S/C19H17F2N7/c1-10-17(25-18-12(21)3-2-4-14(18)23-10)15-9-28-19(24-15)13(22)7-16(26-28)27-6-5-11(20)8-27/h2-4,7,9,11H,5-6,8,22H2,1H3/t11-/m1/s1. The predicted molar refractivity (Wildman–Crippen MR) is 102 cm³/mol. The number of fused-ring (bicyclic) bond motifs is 2. The molecule has 0 saturated carbocycles. The van der Waals surface area contributed by atoms with Gasteiger partial charge in [-0.25, -0.2) is 28.2 Å². The molecule has 0 amide bonds. The Labute approximate surface area is 158 Å². The minimum atomic E-state index is -0.859. The van der Waals surface area contributed by atoms with Crippen molar-refractivity contribution in [2.45, 2.75) is 19.5 Å². The minimum Gasteiger partial charge on any atom is -0.396 e. The maximum Gasteiger partial charge on any atom is 0.177 e. The van der Waals surface area contributed by atoms with E-state index in [0.29, 0.717) is 59.3 Å². The first-order chi connectivity index (χ1) is 13.5. The summed E-state index contributed by atoms with van der Waals surface area (Å²) in [5.74, 6) is 0.159. The molecule has 9 heteroatoms. The highest BCUT2D eigenvalue weighted by Gasteiger charge is 2.24. The summed E-state index contributed by atoms with van der Waals surface area (Å²) in [4.78, 5) is 15.3. The van der Waals surface area contributed by atoms with Gasteiger partial charge in [0.25, 0.3) is 0 Å². The zero-order chi connectivity index (χ0) is 19.4. The second kappa shape index (κ2) is 6.08. The largest absolute Gasteiger partial charge is 0.396 e. The lowest BCUT2D eigenvalue weighted by molar-refractivity contribution is 0.364. The van der Waals surface area contributed by atoms with E-state index in [9.17, 15) is 8.78 Å². The average Bonchev–Trinajstić information content (AvgIpc) is 3.28. The fraction of sp³-hybridized carbons (Fsp3) is 0.263. The Morgan fingerprint density at radius 1 is 1.21 bits per heavy atom. The molecule has 2 N–H and O–H groups in total. The Kier molecular flexibility index (Phi) is 3.65. The highest BCUT2D eigenvalue weighted by molar-refractivity contribution is 5.79. The van der Waals surface area contributed by atoms with Crippen LogP contribution in [0.25, 0.3) is 28.1 Å². The number of nitrogens with zero attached hydrogens (tertiary/aromatic N) is 6. The third kappa shape index (κ3) is 2.62. The third-order valence-corrected chi connectivity index (χ3v) is 4.96. The summed E-state index contributed by atoms with van der Waals surface area (Å²) in [5, 5.41) is 4.52. The summed E-state index contributed by atoms with van der Waals surface area (Å²) >= 11 is 0. The molecule has 7 nitrogen and oxygen atoms in total. The first kappa shape index (κ1) is 16.8. The quantitative estimate of drug-likeness (QED) is 0.575. The molecular weight excluding hydrogens is 364 g/mol. The minimum absolute atomic E-state index is 0.188. The summed E-state index contributed by atoms with van der Waals surface area (Å²) in [5.41, 5.74) is 9.32. The van der Waals surface area contributed by atoms with Crippen LogP contribution in [0.3, 0.4) is 0 Å². The number of alkyl halides is 1. The fourth-order valence-electron chi connectivity index (χ4n) is 3.56. The molecule has 5 rings (SSSR count). The number of halogens is 2. The zero-order valence-corrected chi connectivity index (χ0v) is 15.1. The molecule has 1 saturated heterocycles. The van der Waals surface area contributed by atoms with Gasteiger partial charge in [-0.2, -0.15) is 0 Å². The summed E-state index contributed by atoms with van der Waals surface area (Å²) in [7, 11) is 0. The van der Waals surface area contributed by atoms with E-state index in [-0.39, 0.29) is 5.52 Å². The van der Waals surface area contributed by atoms with Crippen LogP contribution in [-0.2, 0) is 0 Å². The van der Waals surface area contributed by atoms with Crippen molar-refractivity contribution in [1.29, 1.82) is 0 Å². The molecule has 1 aliphatic heterocycles. The van der Waals surface area contributed by atoms with E-state index >= 15 is 0 Å². The van der Waals surface area contributed by atoms with Crippen LogP contribution < -0.4 is 10.6 Å². The number of aromatic nitrogens is 5. The molecule has 0 unspecified atom stereocenters. The summed E-state index contributed by atoms with van der Waals surface area (Å²) in [6.07, 6.45) is 1.30. The topological polar surface area (TPSA) is 85.2 Å². The van der Waals surface area contributed by atoms with Crippen molar-refractivity contribution in [1.82, 2.24) is 24.6 Å². The Morgan fingerprint density at radius 2 is 2.07 bits per heavy atom. The van der Waals surface area contributed by atoms with Gasteiger partial charge in [0.05, 0.1) is 29.6 Å². The van der Waals surface area contributed by atoms with Gasteiger partial charge in [0.1, 0.15) is 23.1 Å². The van der Waals surface area contributed by atoms with Crippen LogP contribution in [0.5, 0.6) is 0 Å². The number of hydrogen-bond acceptors (Lipinski definition) is 6. The molecule has 1 aliphatic rings. The van der Waals surface area contributed by atoms with Crippen LogP contribution in [0.15, 0.2) is 30.5 Å². The number of imidazole rings is 1. The van der Waals surface area contributed by atoms with Gasteiger partial charge in [0.15, 0.2) is 17.3 Å². The van der Waals surface area contributed by atoms with Gasteiger partial charge < -0.3 is 10.6 Å². The highest BCUT2D eigenvalue weighted by Crippen LogP contribution is 2.28. The molecule has 142 valence electrons. The fourth-order valence-corrected chi connectivity index (χ4v) is 3.56. The van der Waals surface area contributed by atoms with Gasteiger partial charge in [0, 0.05) is 12.6 Å². The van der Waals surface area contributed by atoms with Crippen LogP contribution >= 0.6 is 0 Å². The Balaban J connectivity index is 1.64. The third-order valence-electron chi connectivity index (χ3n) is 4.96.